The van der Waals surface area contributed by atoms with Crippen LogP contribution in [0.5, 0.6) is 5.75 Å². The lowest BCUT2D eigenvalue weighted by Crippen LogP contribution is -2.41. The van der Waals surface area contributed by atoms with Crippen molar-refractivity contribution in [2.75, 3.05) is 0 Å². The number of carbonyl (C=O) groups excluding carboxylic acids is 1. The second-order valence-electron chi connectivity index (χ2n) is 5.89. The summed E-state index contributed by atoms with van der Waals surface area (Å²) in [6.45, 7) is 2.07. The summed E-state index contributed by atoms with van der Waals surface area (Å²) in [5, 5.41) is 0. The molecular weight excluding hydrogens is 314 g/mol. The van der Waals surface area contributed by atoms with Gasteiger partial charge in [0.25, 0.3) is 5.91 Å². The molecular formula is C18H18F2N2O2. The Morgan fingerprint density at radius 2 is 2.12 bits per heavy atom. The fourth-order valence-corrected chi connectivity index (χ4v) is 2.50. The Hall–Kier alpha value is -2.50. The molecule has 6 heteroatoms. The van der Waals surface area contributed by atoms with Crippen LogP contribution in [0.2, 0.25) is 0 Å². The average molecular weight is 332 g/mol. The number of aromatic nitrogens is 1. The number of carbonyl (C=O) groups is 1. The summed E-state index contributed by atoms with van der Waals surface area (Å²) in [6, 6.07) is 7.18. The largest absolute Gasteiger partial charge is 0.481 e. The summed E-state index contributed by atoms with van der Waals surface area (Å²) in [5.74, 6) is -1.99. The second kappa shape index (κ2) is 6.95. The molecule has 0 radical (unpaired) electrons. The lowest BCUT2D eigenvalue weighted by Gasteiger charge is -2.26. The van der Waals surface area contributed by atoms with E-state index in [9.17, 15) is 13.6 Å². The molecule has 1 aromatic heterocycles. The lowest BCUT2D eigenvalue weighted by molar-refractivity contribution is -0.139. The third kappa shape index (κ3) is 3.88. The fourth-order valence-electron chi connectivity index (χ4n) is 2.50. The maximum absolute atomic E-state index is 13.3. The molecule has 0 aliphatic heterocycles. The Morgan fingerprint density at radius 1 is 1.33 bits per heavy atom. The molecule has 1 fully saturated rings. The van der Waals surface area contributed by atoms with Crippen molar-refractivity contribution in [2.45, 2.75) is 38.5 Å². The third-order valence-electron chi connectivity index (χ3n) is 3.90. The van der Waals surface area contributed by atoms with Gasteiger partial charge in [-0.25, -0.2) is 8.78 Å². The Bertz CT molecular complexity index is 720. The number of pyridine rings is 1. The molecule has 2 aromatic rings. The predicted octanol–water partition coefficient (Wildman–Crippen LogP) is 3.32. The highest BCUT2D eigenvalue weighted by molar-refractivity contribution is 5.81. The first-order valence-electron chi connectivity index (χ1n) is 7.85. The zero-order chi connectivity index (χ0) is 17.1. The predicted molar refractivity (Wildman–Crippen MR) is 84.3 cm³/mol. The second-order valence-corrected chi connectivity index (χ2v) is 5.89. The first-order valence-corrected chi connectivity index (χ1v) is 7.85. The molecule has 0 N–H and O–H groups in total. The van der Waals surface area contributed by atoms with E-state index in [2.05, 4.69) is 4.98 Å². The number of hydrogen-bond donors (Lipinski definition) is 0. The van der Waals surface area contributed by atoms with Gasteiger partial charge in [0, 0.05) is 31.0 Å². The number of nitrogens with zero attached hydrogens (tertiary/aromatic N) is 2. The van der Waals surface area contributed by atoms with Crippen LogP contribution in [0.4, 0.5) is 8.78 Å². The van der Waals surface area contributed by atoms with Gasteiger partial charge in [-0.2, -0.15) is 0 Å². The molecule has 1 amide bonds. The first-order chi connectivity index (χ1) is 11.5. The van der Waals surface area contributed by atoms with Crippen LogP contribution in [0.3, 0.4) is 0 Å². The number of amides is 1. The Labute approximate surface area is 139 Å². The van der Waals surface area contributed by atoms with E-state index in [1.54, 1.807) is 24.2 Å². The van der Waals surface area contributed by atoms with E-state index in [4.69, 9.17) is 4.74 Å². The monoisotopic (exact) mass is 332 g/mol. The molecule has 1 heterocycles. The maximum atomic E-state index is 13.3. The number of halogens is 2. The lowest BCUT2D eigenvalue weighted by atomic mass is 10.2. The van der Waals surface area contributed by atoms with Crippen LogP contribution in [0.15, 0.2) is 42.7 Å². The summed E-state index contributed by atoms with van der Waals surface area (Å²) < 4.78 is 31.7. The highest BCUT2D eigenvalue weighted by Crippen LogP contribution is 2.29. The minimum Gasteiger partial charge on any atom is -0.481 e. The van der Waals surface area contributed by atoms with Crippen molar-refractivity contribution in [3.05, 3.63) is 59.9 Å². The molecule has 1 saturated carbocycles. The highest BCUT2D eigenvalue weighted by atomic mass is 19.2. The zero-order valence-electron chi connectivity index (χ0n) is 13.3. The standard InChI is InChI=1S/C18H18F2N2O2/c1-12(24-15-6-7-16(19)17(20)9-15)18(23)22(14-4-5-14)11-13-3-2-8-21-10-13/h2-3,6-10,12,14H,4-5,11H2,1H3/t12-/m1/s1. The molecule has 1 atom stereocenters. The van der Waals surface area contributed by atoms with E-state index in [1.807, 2.05) is 12.1 Å². The maximum Gasteiger partial charge on any atom is 0.263 e. The van der Waals surface area contributed by atoms with Crippen molar-refractivity contribution in [2.24, 2.45) is 0 Å². The minimum atomic E-state index is -0.999. The Morgan fingerprint density at radius 3 is 2.75 bits per heavy atom. The molecule has 1 aliphatic rings. The molecule has 24 heavy (non-hydrogen) atoms. The molecule has 1 aromatic carbocycles. The van der Waals surface area contributed by atoms with Gasteiger partial charge in [0.05, 0.1) is 0 Å². The van der Waals surface area contributed by atoms with Gasteiger partial charge in [-0.1, -0.05) is 6.07 Å². The van der Waals surface area contributed by atoms with Crippen LogP contribution in [-0.4, -0.2) is 27.9 Å². The molecule has 0 spiro atoms. The van der Waals surface area contributed by atoms with Gasteiger partial charge in [-0.3, -0.25) is 9.78 Å². The van der Waals surface area contributed by atoms with E-state index in [1.165, 1.54) is 6.07 Å². The van der Waals surface area contributed by atoms with Gasteiger partial charge >= 0.3 is 0 Å². The van der Waals surface area contributed by atoms with E-state index >= 15 is 0 Å². The third-order valence-corrected chi connectivity index (χ3v) is 3.90. The van der Waals surface area contributed by atoms with Gasteiger partial charge in [-0.15, -0.1) is 0 Å². The minimum absolute atomic E-state index is 0.131. The van der Waals surface area contributed by atoms with Gasteiger partial charge < -0.3 is 9.64 Å². The smallest absolute Gasteiger partial charge is 0.263 e. The first kappa shape index (κ1) is 16.4. The van der Waals surface area contributed by atoms with E-state index < -0.39 is 17.7 Å². The van der Waals surface area contributed by atoms with Crippen molar-refractivity contribution in [3.63, 3.8) is 0 Å². The van der Waals surface area contributed by atoms with E-state index in [0.717, 1.165) is 30.5 Å². The molecule has 0 saturated heterocycles. The highest BCUT2D eigenvalue weighted by Gasteiger charge is 2.35. The normalized spacial score (nSPS) is 15.0. The van der Waals surface area contributed by atoms with Crippen molar-refractivity contribution in [1.29, 1.82) is 0 Å². The Kier molecular flexibility index (Phi) is 4.74. The SMILES string of the molecule is C[C@@H](Oc1ccc(F)c(F)c1)C(=O)N(Cc1cccnc1)C1CC1. The van der Waals surface area contributed by atoms with Crippen LogP contribution in [0.25, 0.3) is 0 Å². The van der Waals surface area contributed by atoms with Gasteiger partial charge in [-0.05, 0) is 43.5 Å². The average Bonchev–Trinajstić information content (AvgIpc) is 3.41. The molecule has 1 aliphatic carbocycles. The van der Waals surface area contributed by atoms with Crippen LogP contribution < -0.4 is 4.74 Å². The zero-order valence-corrected chi connectivity index (χ0v) is 13.3. The fraction of sp³-hybridized carbons (Fsp3) is 0.333. The molecule has 0 bridgehead atoms. The molecule has 0 unspecified atom stereocenters. The van der Waals surface area contributed by atoms with Crippen LogP contribution in [-0.2, 0) is 11.3 Å². The van der Waals surface area contributed by atoms with Crippen molar-refractivity contribution in [1.82, 2.24) is 9.88 Å². The number of rotatable bonds is 6. The van der Waals surface area contributed by atoms with Crippen molar-refractivity contribution < 1.29 is 18.3 Å². The summed E-state index contributed by atoms with van der Waals surface area (Å²) in [5.41, 5.74) is 0.942. The topological polar surface area (TPSA) is 42.4 Å². The summed E-state index contributed by atoms with van der Waals surface area (Å²) in [6.07, 6.45) is 4.55. The van der Waals surface area contributed by atoms with Gasteiger partial charge in [0.1, 0.15) is 5.75 Å². The van der Waals surface area contributed by atoms with Crippen molar-refractivity contribution >= 4 is 5.91 Å². The van der Waals surface area contributed by atoms with Gasteiger partial charge in [0.2, 0.25) is 0 Å². The Balaban J connectivity index is 1.68. The van der Waals surface area contributed by atoms with Gasteiger partial charge in [0.15, 0.2) is 17.7 Å². The quantitative estimate of drug-likeness (QED) is 0.815. The number of benzene rings is 1. The summed E-state index contributed by atoms with van der Waals surface area (Å²) in [4.78, 5) is 18.5. The summed E-state index contributed by atoms with van der Waals surface area (Å²) >= 11 is 0. The summed E-state index contributed by atoms with van der Waals surface area (Å²) in [7, 11) is 0. The molecule has 3 rings (SSSR count). The van der Waals surface area contributed by atoms with Crippen LogP contribution in [0, 0.1) is 11.6 Å². The van der Waals surface area contributed by atoms with E-state index in [0.29, 0.717) is 6.54 Å². The molecule has 4 nitrogen and oxygen atoms in total. The van der Waals surface area contributed by atoms with Crippen LogP contribution >= 0.6 is 0 Å². The van der Waals surface area contributed by atoms with Crippen LogP contribution in [0.1, 0.15) is 25.3 Å². The number of ether oxygens (including phenoxy) is 1. The molecule has 126 valence electrons. The van der Waals surface area contributed by atoms with E-state index in [-0.39, 0.29) is 17.7 Å². The van der Waals surface area contributed by atoms with Crippen molar-refractivity contribution in [3.8, 4) is 5.75 Å². The number of hydrogen-bond acceptors (Lipinski definition) is 3.